The molecule has 2 heteroatoms. The van der Waals surface area contributed by atoms with Crippen LogP contribution in [-0.4, -0.2) is 0 Å². The van der Waals surface area contributed by atoms with Gasteiger partial charge in [0.25, 0.3) is 0 Å². The zero-order chi connectivity index (χ0) is 13.0. The van der Waals surface area contributed by atoms with Gasteiger partial charge >= 0.3 is 0 Å². The first-order valence-electron chi connectivity index (χ1n) is 5.64. The van der Waals surface area contributed by atoms with Gasteiger partial charge in [0.1, 0.15) is 5.82 Å². The number of halogens is 1. The van der Waals surface area contributed by atoms with Crippen LogP contribution in [0.1, 0.15) is 16.7 Å². The average Bonchev–Trinajstić information content (AvgIpc) is 2.38. The molecule has 0 saturated carbocycles. The van der Waals surface area contributed by atoms with Gasteiger partial charge in [0.2, 0.25) is 0 Å². The summed E-state index contributed by atoms with van der Waals surface area (Å²) in [6, 6.07) is 16.0. The maximum atomic E-state index is 13.1. The maximum absolute atomic E-state index is 13.1. The van der Waals surface area contributed by atoms with Crippen molar-refractivity contribution < 1.29 is 4.39 Å². The fraction of sp³-hybridized carbons (Fsp3) is 0.0625. The highest BCUT2D eigenvalue weighted by Crippen LogP contribution is 2.20. The summed E-state index contributed by atoms with van der Waals surface area (Å²) in [4.78, 5) is 0. The molecule has 0 heterocycles. The van der Waals surface area contributed by atoms with E-state index in [1.807, 2.05) is 31.2 Å². The molecule has 0 spiro atoms. The van der Waals surface area contributed by atoms with E-state index in [1.54, 1.807) is 18.2 Å². The van der Waals surface area contributed by atoms with E-state index in [1.165, 1.54) is 12.1 Å². The molecule has 2 aromatic rings. The lowest BCUT2D eigenvalue weighted by Crippen LogP contribution is -1.85. The summed E-state index contributed by atoms with van der Waals surface area (Å²) in [5.41, 5.74) is 3.12. The third kappa shape index (κ3) is 2.64. The fourth-order valence-corrected chi connectivity index (χ4v) is 1.74. The predicted molar refractivity (Wildman–Crippen MR) is 71.1 cm³/mol. The first kappa shape index (κ1) is 12.1. The summed E-state index contributed by atoms with van der Waals surface area (Å²) >= 11 is 0. The minimum Gasteiger partial charge on any atom is -0.207 e. The van der Waals surface area contributed by atoms with Crippen LogP contribution in [0.25, 0.3) is 11.6 Å². The predicted octanol–water partition coefficient (Wildman–Crippen LogP) is 4.20. The standard InChI is InChI=1S/C16H12FN/c1-12-5-2-3-6-13(12)9-15(11-18)14-7-4-8-16(17)10-14/h2-10H,1H3/b15-9-. The maximum Gasteiger partial charge on any atom is 0.123 e. The molecule has 0 aliphatic heterocycles. The summed E-state index contributed by atoms with van der Waals surface area (Å²) in [6.45, 7) is 1.98. The van der Waals surface area contributed by atoms with Crippen molar-refractivity contribution in [3.05, 3.63) is 71.0 Å². The Labute approximate surface area is 106 Å². The third-order valence-electron chi connectivity index (χ3n) is 2.74. The van der Waals surface area contributed by atoms with Crippen LogP contribution in [0.3, 0.4) is 0 Å². The normalized spacial score (nSPS) is 11.1. The lowest BCUT2D eigenvalue weighted by Gasteiger charge is -2.02. The van der Waals surface area contributed by atoms with Crippen molar-refractivity contribution >= 4 is 11.6 Å². The Hall–Kier alpha value is -2.40. The highest BCUT2D eigenvalue weighted by molar-refractivity contribution is 5.90. The van der Waals surface area contributed by atoms with Gasteiger partial charge in [-0.2, -0.15) is 5.26 Å². The van der Waals surface area contributed by atoms with Gasteiger partial charge in [-0.25, -0.2) is 4.39 Å². The van der Waals surface area contributed by atoms with E-state index in [2.05, 4.69) is 6.07 Å². The zero-order valence-electron chi connectivity index (χ0n) is 10.0. The molecular weight excluding hydrogens is 225 g/mol. The van der Waals surface area contributed by atoms with Crippen molar-refractivity contribution in [1.29, 1.82) is 5.26 Å². The van der Waals surface area contributed by atoms with E-state index >= 15 is 0 Å². The molecular formula is C16H12FN. The van der Waals surface area contributed by atoms with Crippen LogP contribution in [0.5, 0.6) is 0 Å². The number of nitriles is 1. The van der Waals surface area contributed by atoms with E-state index < -0.39 is 0 Å². The van der Waals surface area contributed by atoms with E-state index in [-0.39, 0.29) is 5.82 Å². The summed E-state index contributed by atoms with van der Waals surface area (Å²) in [6.07, 6.45) is 1.78. The van der Waals surface area contributed by atoms with Gasteiger partial charge in [-0.15, -0.1) is 0 Å². The van der Waals surface area contributed by atoms with Crippen molar-refractivity contribution in [1.82, 2.24) is 0 Å². The molecule has 0 saturated heterocycles. The van der Waals surface area contributed by atoms with Gasteiger partial charge in [0.15, 0.2) is 0 Å². The van der Waals surface area contributed by atoms with Crippen LogP contribution in [0.2, 0.25) is 0 Å². The van der Waals surface area contributed by atoms with E-state index in [4.69, 9.17) is 0 Å². The molecule has 0 N–H and O–H groups in total. The molecule has 0 aliphatic rings. The molecule has 2 rings (SSSR count). The fourth-order valence-electron chi connectivity index (χ4n) is 1.74. The van der Waals surface area contributed by atoms with Crippen molar-refractivity contribution in [3.8, 4) is 6.07 Å². The number of nitrogens with zero attached hydrogens (tertiary/aromatic N) is 1. The smallest absolute Gasteiger partial charge is 0.123 e. The molecule has 88 valence electrons. The highest BCUT2D eigenvalue weighted by Gasteiger charge is 2.03. The SMILES string of the molecule is Cc1ccccc1/C=C(/C#N)c1cccc(F)c1. The Balaban J connectivity index is 2.47. The Morgan fingerprint density at radius 1 is 1.17 bits per heavy atom. The number of hydrogen-bond acceptors (Lipinski definition) is 1. The molecule has 0 unspecified atom stereocenters. The Bertz CT molecular complexity index is 636. The van der Waals surface area contributed by atoms with Crippen LogP contribution in [0.4, 0.5) is 4.39 Å². The molecule has 0 atom stereocenters. The molecule has 1 nitrogen and oxygen atoms in total. The molecule has 0 bridgehead atoms. The van der Waals surface area contributed by atoms with Crippen molar-refractivity contribution in [2.45, 2.75) is 6.92 Å². The van der Waals surface area contributed by atoms with Gasteiger partial charge in [0.05, 0.1) is 11.6 Å². The Morgan fingerprint density at radius 2 is 1.94 bits per heavy atom. The highest BCUT2D eigenvalue weighted by atomic mass is 19.1. The van der Waals surface area contributed by atoms with E-state index in [0.717, 1.165) is 11.1 Å². The molecule has 18 heavy (non-hydrogen) atoms. The summed E-state index contributed by atoms with van der Waals surface area (Å²) < 4.78 is 13.1. The van der Waals surface area contributed by atoms with Crippen LogP contribution in [0, 0.1) is 24.1 Å². The molecule has 0 amide bonds. The van der Waals surface area contributed by atoms with Crippen LogP contribution < -0.4 is 0 Å². The molecule has 0 aliphatic carbocycles. The minimum absolute atomic E-state index is 0.335. The van der Waals surface area contributed by atoms with E-state index in [0.29, 0.717) is 11.1 Å². The zero-order valence-corrected chi connectivity index (χ0v) is 10.0. The second-order valence-corrected chi connectivity index (χ2v) is 4.04. The van der Waals surface area contributed by atoms with Crippen LogP contribution in [0.15, 0.2) is 48.5 Å². The van der Waals surface area contributed by atoms with Gasteiger partial charge in [-0.05, 0) is 41.8 Å². The summed E-state index contributed by atoms with van der Waals surface area (Å²) in [5.74, 6) is -0.335. The van der Waals surface area contributed by atoms with Gasteiger partial charge in [-0.1, -0.05) is 36.4 Å². The van der Waals surface area contributed by atoms with Gasteiger partial charge < -0.3 is 0 Å². The second kappa shape index (κ2) is 5.29. The first-order chi connectivity index (χ1) is 8.70. The van der Waals surface area contributed by atoms with Gasteiger partial charge in [0, 0.05) is 0 Å². The van der Waals surface area contributed by atoms with Crippen molar-refractivity contribution in [3.63, 3.8) is 0 Å². The Morgan fingerprint density at radius 3 is 2.61 bits per heavy atom. The molecule has 0 aromatic heterocycles. The minimum atomic E-state index is -0.335. The molecule has 0 radical (unpaired) electrons. The average molecular weight is 237 g/mol. The largest absolute Gasteiger partial charge is 0.207 e. The number of benzene rings is 2. The third-order valence-corrected chi connectivity index (χ3v) is 2.74. The lowest BCUT2D eigenvalue weighted by molar-refractivity contribution is 0.627. The second-order valence-electron chi connectivity index (χ2n) is 4.04. The van der Waals surface area contributed by atoms with Crippen molar-refractivity contribution in [2.24, 2.45) is 0 Å². The van der Waals surface area contributed by atoms with Crippen molar-refractivity contribution in [2.75, 3.05) is 0 Å². The van der Waals surface area contributed by atoms with Crippen LogP contribution >= 0.6 is 0 Å². The lowest BCUT2D eigenvalue weighted by atomic mass is 10.0. The molecule has 2 aromatic carbocycles. The quantitative estimate of drug-likeness (QED) is 0.567. The molecule has 0 fully saturated rings. The number of allylic oxidation sites excluding steroid dienone is 1. The van der Waals surface area contributed by atoms with Crippen LogP contribution in [-0.2, 0) is 0 Å². The van der Waals surface area contributed by atoms with E-state index in [9.17, 15) is 9.65 Å². The topological polar surface area (TPSA) is 23.8 Å². The number of rotatable bonds is 2. The van der Waals surface area contributed by atoms with Gasteiger partial charge in [-0.3, -0.25) is 0 Å². The number of aryl methyl sites for hydroxylation is 1. The number of hydrogen-bond donors (Lipinski definition) is 0. The Kier molecular flexibility index (Phi) is 3.54. The summed E-state index contributed by atoms with van der Waals surface area (Å²) in [5, 5.41) is 9.18. The monoisotopic (exact) mass is 237 g/mol. The summed E-state index contributed by atoms with van der Waals surface area (Å²) in [7, 11) is 0. The first-order valence-corrected chi connectivity index (χ1v) is 5.64.